The molecule has 5 heteroatoms. The maximum atomic E-state index is 6.69. The fourth-order valence-electron chi connectivity index (χ4n) is 8.15. The van der Waals surface area contributed by atoms with Crippen molar-refractivity contribution in [3.8, 4) is 62.1 Å². The minimum Gasteiger partial charge on any atom is -0.456 e. The molecule has 0 aliphatic heterocycles. The van der Waals surface area contributed by atoms with Gasteiger partial charge in [-0.2, -0.15) is 0 Å². The monoisotopic (exact) mass is 716 g/mol. The number of hydrogen-bond acceptors (Lipinski definition) is 4. The Morgan fingerprint density at radius 3 is 1.61 bits per heavy atom. The predicted molar refractivity (Wildman–Crippen MR) is 229 cm³/mol. The van der Waals surface area contributed by atoms with Gasteiger partial charge < -0.3 is 8.98 Å². The zero-order valence-electron chi connectivity index (χ0n) is 30.2. The lowest BCUT2D eigenvalue weighted by atomic mass is 9.95. The summed E-state index contributed by atoms with van der Waals surface area (Å²) in [4.78, 5) is 15.4. The average Bonchev–Trinajstić information content (AvgIpc) is 3.84. The highest BCUT2D eigenvalue weighted by atomic mass is 16.3. The standard InChI is InChI=1S/C51H32N4O/c1-4-16-33(17-5-1)36-22-12-23-37(32-36)38-25-14-30-44-46(38)47-43(29-15-31-45(47)56-44)55-42-28-11-10-24-39(42)40-26-13-27-41(48(40)55)51-53-49(34-18-6-2-7-19-34)52-50(54-51)35-20-8-3-9-21-35/h1-32H. The average molecular weight is 717 g/mol. The molecule has 0 atom stereocenters. The molecule has 0 spiro atoms. The molecule has 11 rings (SSSR count). The number of benzene rings is 8. The van der Waals surface area contributed by atoms with Crippen molar-refractivity contribution >= 4 is 43.7 Å². The molecular formula is C51H32N4O. The zero-order chi connectivity index (χ0) is 37.0. The van der Waals surface area contributed by atoms with Crippen LogP contribution >= 0.6 is 0 Å². The fraction of sp³-hybridized carbons (Fsp3) is 0. The Balaban J connectivity index is 1.21. The molecule has 0 radical (unpaired) electrons. The summed E-state index contributed by atoms with van der Waals surface area (Å²) in [5, 5.41) is 4.38. The van der Waals surface area contributed by atoms with Gasteiger partial charge in [0.15, 0.2) is 17.5 Å². The van der Waals surface area contributed by atoms with Crippen molar-refractivity contribution in [1.82, 2.24) is 19.5 Å². The summed E-state index contributed by atoms with van der Waals surface area (Å²) in [6.07, 6.45) is 0. The summed E-state index contributed by atoms with van der Waals surface area (Å²) >= 11 is 0. The lowest BCUT2D eigenvalue weighted by molar-refractivity contribution is 0.669. The molecule has 0 aliphatic carbocycles. The van der Waals surface area contributed by atoms with Crippen LogP contribution in [0.5, 0.6) is 0 Å². The third-order valence-corrected chi connectivity index (χ3v) is 10.7. The van der Waals surface area contributed by atoms with Gasteiger partial charge >= 0.3 is 0 Å². The quantitative estimate of drug-likeness (QED) is 0.172. The summed E-state index contributed by atoms with van der Waals surface area (Å²) in [5.74, 6) is 1.86. The molecule has 0 fully saturated rings. The number of hydrogen-bond donors (Lipinski definition) is 0. The van der Waals surface area contributed by atoms with Crippen LogP contribution in [0.25, 0.3) is 106 Å². The Hall–Kier alpha value is -7.63. The van der Waals surface area contributed by atoms with E-state index in [9.17, 15) is 0 Å². The van der Waals surface area contributed by atoms with Gasteiger partial charge in [-0.15, -0.1) is 0 Å². The van der Waals surface area contributed by atoms with Gasteiger partial charge in [-0.25, -0.2) is 15.0 Å². The van der Waals surface area contributed by atoms with Crippen molar-refractivity contribution in [1.29, 1.82) is 0 Å². The SMILES string of the molecule is c1ccc(-c2cccc(-c3cccc4oc5cccc(-n6c7ccccc7c7cccc(-c8nc(-c9ccccc9)nc(-c9ccccc9)n8)c76)c5c34)c2)cc1. The molecule has 3 aromatic heterocycles. The number of aromatic nitrogens is 4. The normalized spacial score (nSPS) is 11.6. The fourth-order valence-corrected chi connectivity index (χ4v) is 8.15. The van der Waals surface area contributed by atoms with Crippen LogP contribution in [0.1, 0.15) is 0 Å². The molecule has 0 saturated heterocycles. The predicted octanol–water partition coefficient (Wildman–Crippen LogP) is 13.2. The van der Waals surface area contributed by atoms with Gasteiger partial charge in [0.1, 0.15) is 11.2 Å². The number of nitrogens with zero attached hydrogens (tertiary/aromatic N) is 4. The third-order valence-electron chi connectivity index (χ3n) is 10.7. The smallest absolute Gasteiger partial charge is 0.166 e. The lowest BCUT2D eigenvalue weighted by Crippen LogP contribution is -2.02. The maximum absolute atomic E-state index is 6.69. The molecule has 0 aliphatic rings. The van der Waals surface area contributed by atoms with E-state index >= 15 is 0 Å². The Morgan fingerprint density at radius 1 is 0.357 bits per heavy atom. The van der Waals surface area contributed by atoms with Crippen molar-refractivity contribution in [3.05, 3.63) is 194 Å². The van der Waals surface area contributed by atoms with E-state index < -0.39 is 0 Å². The van der Waals surface area contributed by atoms with Crippen LogP contribution in [0.2, 0.25) is 0 Å². The van der Waals surface area contributed by atoms with Crippen LogP contribution in [0, 0.1) is 0 Å². The molecule has 11 aromatic rings. The van der Waals surface area contributed by atoms with E-state index in [1.807, 2.05) is 60.7 Å². The summed E-state index contributed by atoms with van der Waals surface area (Å²) in [6.45, 7) is 0. The second-order valence-electron chi connectivity index (χ2n) is 14.0. The van der Waals surface area contributed by atoms with E-state index in [0.717, 1.165) is 77.2 Å². The summed E-state index contributed by atoms with van der Waals surface area (Å²) in [7, 11) is 0. The van der Waals surface area contributed by atoms with Crippen molar-refractivity contribution in [2.45, 2.75) is 0 Å². The first-order valence-electron chi connectivity index (χ1n) is 18.8. The number of fused-ring (bicyclic) bond motifs is 6. The van der Waals surface area contributed by atoms with E-state index in [-0.39, 0.29) is 0 Å². The van der Waals surface area contributed by atoms with Crippen LogP contribution in [0.3, 0.4) is 0 Å². The molecule has 3 heterocycles. The first-order chi connectivity index (χ1) is 27.8. The first-order valence-corrected chi connectivity index (χ1v) is 18.8. The highest BCUT2D eigenvalue weighted by Gasteiger charge is 2.23. The molecular weight excluding hydrogens is 685 g/mol. The Kier molecular flexibility index (Phi) is 7.42. The van der Waals surface area contributed by atoms with E-state index in [4.69, 9.17) is 19.4 Å². The van der Waals surface area contributed by atoms with Gasteiger partial charge in [0, 0.05) is 32.8 Å². The van der Waals surface area contributed by atoms with Crippen molar-refractivity contribution in [3.63, 3.8) is 0 Å². The lowest BCUT2D eigenvalue weighted by Gasteiger charge is -2.14. The van der Waals surface area contributed by atoms with E-state index in [2.05, 4.69) is 138 Å². The third kappa shape index (κ3) is 5.21. The van der Waals surface area contributed by atoms with E-state index in [1.165, 1.54) is 11.1 Å². The first kappa shape index (κ1) is 31.9. The second kappa shape index (κ2) is 13.0. The molecule has 262 valence electrons. The topological polar surface area (TPSA) is 56.7 Å². The largest absolute Gasteiger partial charge is 0.456 e. The number of para-hydroxylation sites is 2. The number of rotatable bonds is 6. The van der Waals surface area contributed by atoms with Gasteiger partial charge in [-0.05, 0) is 58.7 Å². The van der Waals surface area contributed by atoms with Gasteiger partial charge in [0.2, 0.25) is 0 Å². The van der Waals surface area contributed by atoms with Crippen molar-refractivity contribution in [2.75, 3.05) is 0 Å². The molecule has 0 N–H and O–H groups in total. The molecule has 56 heavy (non-hydrogen) atoms. The molecule has 0 amide bonds. The highest BCUT2D eigenvalue weighted by molar-refractivity contribution is 6.19. The maximum Gasteiger partial charge on any atom is 0.166 e. The van der Waals surface area contributed by atoms with Crippen LogP contribution in [0.15, 0.2) is 199 Å². The molecule has 0 unspecified atom stereocenters. The number of furan rings is 1. The van der Waals surface area contributed by atoms with Crippen LogP contribution in [-0.4, -0.2) is 19.5 Å². The van der Waals surface area contributed by atoms with Gasteiger partial charge in [0.25, 0.3) is 0 Å². The van der Waals surface area contributed by atoms with Gasteiger partial charge in [-0.3, -0.25) is 0 Å². The van der Waals surface area contributed by atoms with E-state index in [1.54, 1.807) is 0 Å². The second-order valence-corrected chi connectivity index (χ2v) is 14.0. The Bertz CT molecular complexity index is 3180. The zero-order valence-corrected chi connectivity index (χ0v) is 30.2. The molecule has 0 saturated carbocycles. The van der Waals surface area contributed by atoms with Crippen LogP contribution in [0.4, 0.5) is 0 Å². The minimum absolute atomic E-state index is 0.606. The summed E-state index contributed by atoms with van der Waals surface area (Å²) in [5.41, 5.74) is 12.2. The molecule has 8 aromatic carbocycles. The molecule has 0 bridgehead atoms. The Labute approximate surface area is 322 Å². The summed E-state index contributed by atoms with van der Waals surface area (Å²) in [6, 6.07) is 67.3. The minimum atomic E-state index is 0.606. The van der Waals surface area contributed by atoms with E-state index in [0.29, 0.717) is 17.5 Å². The summed E-state index contributed by atoms with van der Waals surface area (Å²) < 4.78 is 9.07. The highest BCUT2D eigenvalue weighted by Crippen LogP contribution is 2.44. The van der Waals surface area contributed by atoms with Gasteiger partial charge in [0.05, 0.1) is 22.1 Å². The van der Waals surface area contributed by atoms with Gasteiger partial charge in [-0.1, -0.05) is 158 Å². The van der Waals surface area contributed by atoms with Crippen molar-refractivity contribution < 1.29 is 4.42 Å². The Morgan fingerprint density at radius 2 is 0.875 bits per heavy atom. The van der Waals surface area contributed by atoms with Crippen LogP contribution in [-0.2, 0) is 0 Å². The van der Waals surface area contributed by atoms with Crippen molar-refractivity contribution in [2.24, 2.45) is 0 Å². The molecule has 5 nitrogen and oxygen atoms in total. The van der Waals surface area contributed by atoms with Crippen LogP contribution < -0.4 is 0 Å².